The maximum atomic E-state index is 13.2. The summed E-state index contributed by atoms with van der Waals surface area (Å²) in [7, 11) is 0. The zero-order valence-corrected chi connectivity index (χ0v) is 21.2. The largest absolute Gasteiger partial charge is 0.488 e. The number of rotatable bonds is 6. The Morgan fingerprint density at radius 2 is 1.81 bits per heavy atom. The summed E-state index contributed by atoms with van der Waals surface area (Å²) in [5.41, 5.74) is 4.79. The monoisotopic (exact) mass is 587 g/mol. The van der Waals surface area contributed by atoms with Gasteiger partial charge in [-0.2, -0.15) is 0 Å². The molecule has 4 rings (SSSR count). The van der Waals surface area contributed by atoms with E-state index in [-0.39, 0.29) is 5.91 Å². The Kier molecular flexibility index (Phi) is 6.82. The highest BCUT2D eigenvalue weighted by Gasteiger charge is 2.32. The van der Waals surface area contributed by atoms with Gasteiger partial charge in [0.05, 0.1) is 10.2 Å². The smallest absolute Gasteiger partial charge is 0.259 e. The molecule has 0 aromatic heterocycles. The average Bonchev–Trinajstić information content (AvgIpc) is 3.00. The van der Waals surface area contributed by atoms with Gasteiger partial charge >= 0.3 is 0 Å². The average molecular weight is 588 g/mol. The first-order chi connectivity index (χ1) is 14.9. The first-order valence-corrected chi connectivity index (χ1v) is 12.1. The molecule has 1 aliphatic heterocycles. The van der Waals surface area contributed by atoms with E-state index < -0.39 is 0 Å². The number of anilines is 1. The number of hydrogen-bond donors (Lipinski definition) is 0. The minimum absolute atomic E-state index is 0.0602. The van der Waals surface area contributed by atoms with E-state index >= 15 is 0 Å². The first-order valence-electron chi connectivity index (χ1n) is 10.2. The standard InChI is InChI=1S/C26H23BrINO2/c1-17(2)15-29-24-6-4-3-5-21(24)22(26(29)30)13-19-9-12-25(23(27)14-19)31-16-18-7-10-20(28)11-8-18/h3-14,17H,15-16H2,1-2H3/b22-13-. The van der Waals surface area contributed by atoms with Crippen LogP contribution in [-0.2, 0) is 11.4 Å². The minimum Gasteiger partial charge on any atom is -0.488 e. The molecule has 3 nitrogen and oxygen atoms in total. The van der Waals surface area contributed by atoms with E-state index in [1.54, 1.807) is 0 Å². The molecule has 0 bridgehead atoms. The van der Waals surface area contributed by atoms with Gasteiger partial charge in [0.2, 0.25) is 0 Å². The lowest BCUT2D eigenvalue weighted by Crippen LogP contribution is -2.30. The normalized spacial score (nSPS) is 14.4. The second-order valence-electron chi connectivity index (χ2n) is 7.99. The SMILES string of the molecule is CC(C)CN1C(=O)/C(=C\c2ccc(OCc3ccc(I)cc3)c(Br)c2)c2ccccc21. The molecule has 0 spiro atoms. The number of fused-ring (bicyclic) bond motifs is 1. The molecule has 0 radical (unpaired) electrons. The van der Waals surface area contributed by atoms with Crippen molar-refractivity contribution in [2.45, 2.75) is 20.5 Å². The van der Waals surface area contributed by atoms with E-state index in [0.717, 1.165) is 38.2 Å². The number of carbonyl (C=O) groups is 1. The molecule has 0 saturated carbocycles. The van der Waals surface area contributed by atoms with Gasteiger partial charge in [-0.25, -0.2) is 0 Å². The molecular formula is C26H23BrINO2. The van der Waals surface area contributed by atoms with Crippen LogP contribution in [-0.4, -0.2) is 12.5 Å². The summed E-state index contributed by atoms with van der Waals surface area (Å²) in [5.74, 6) is 1.24. The molecule has 1 heterocycles. The number of para-hydroxylation sites is 1. The summed E-state index contributed by atoms with van der Waals surface area (Å²) >= 11 is 5.92. The maximum Gasteiger partial charge on any atom is 0.259 e. The summed E-state index contributed by atoms with van der Waals surface area (Å²) in [4.78, 5) is 15.0. The number of halogens is 2. The van der Waals surface area contributed by atoms with Gasteiger partial charge in [0.25, 0.3) is 5.91 Å². The van der Waals surface area contributed by atoms with Crippen LogP contribution in [0.25, 0.3) is 11.6 Å². The predicted molar refractivity (Wildman–Crippen MR) is 139 cm³/mol. The van der Waals surface area contributed by atoms with Gasteiger partial charge in [0.15, 0.2) is 0 Å². The third-order valence-electron chi connectivity index (χ3n) is 5.08. The summed E-state index contributed by atoms with van der Waals surface area (Å²) < 4.78 is 8.05. The Morgan fingerprint density at radius 3 is 2.52 bits per heavy atom. The first kappa shape index (κ1) is 22.1. The molecule has 31 heavy (non-hydrogen) atoms. The van der Waals surface area contributed by atoms with E-state index in [9.17, 15) is 4.79 Å². The van der Waals surface area contributed by atoms with Crippen LogP contribution in [0.1, 0.15) is 30.5 Å². The highest BCUT2D eigenvalue weighted by atomic mass is 127. The lowest BCUT2D eigenvalue weighted by atomic mass is 10.0. The molecule has 0 N–H and O–H groups in total. The summed E-state index contributed by atoms with van der Waals surface area (Å²) in [5, 5.41) is 0. The summed E-state index contributed by atoms with van der Waals surface area (Å²) in [6.07, 6.45) is 1.97. The molecule has 0 atom stereocenters. The van der Waals surface area contributed by atoms with Crippen LogP contribution in [0, 0.1) is 9.49 Å². The van der Waals surface area contributed by atoms with E-state index in [2.05, 4.69) is 76.6 Å². The van der Waals surface area contributed by atoms with Crippen molar-refractivity contribution in [3.63, 3.8) is 0 Å². The number of carbonyl (C=O) groups excluding carboxylic acids is 1. The summed E-state index contributed by atoms with van der Waals surface area (Å²) in [6, 6.07) is 22.2. The molecule has 158 valence electrons. The lowest BCUT2D eigenvalue weighted by molar-refractivity contribution is -0.113. The molecule has 1 aliphatic rings. The van der Waals surface area contributed by atoms with E-state index in [1.165, 1.54) is 3.57 Å². The van der Waals surface area contributed by atoms with Crippen molar-refractivity contribution in [2.75, 3.05) is 11.4 Å². The fourth-order valence-corrected chi connectivity index (χ4v) is 4.50. The molecule has 3 aromatic carbocycles. The van der Waals surface area contributed by atoms with Crippen LogP contribution in [0.15, 0.2) is 71.2 Å². The van der Waals surface area contributed by atoms with Gasteiger partial charge in [0, 0.05) is 21.3 Å². The van der Waals surface area contributed by atoms with Crippen LogP contribution in [0.3, 0.4) is 0 Å². The van der Waals surface area contributed by atoms with Gasteiger partial charge in [-0.05, 0) is 92.0 Å². The topological polar surface area (TPSA) is 29.5 Å². The fourth-order valence-electron chi connectivity index (χ4n) is 3.62. The van der Waals surface area contributed by atoms with Crippen molar-refractivity contribution in [3.05, 3.63) is 91.5 Å². The fraction of sp³-hybridized carbons (Fsp3) is 0.192. The van der Waals surface area contributed by atoms with Crippen molar-refractivity contribution in [1.29, 1.82) is 0 Å². The number of nitrogens with zero attached hydrogens (tertiary/aromatic N) is 1. The number of ether oxygens (including phenoxy) is 1. The quantitative estimate of drug-likeness (QED) is 0.226. The number of amides is 1. The molecule has 0 unspecified atom stereocenters. The van der Waals surface area contributed by atoms with Crippen LogP contribution in [0.5, 0.6) is 5.75 Å². The van der Waals surface area contributed by atoms with Crippen molar-refractivity contribution >= 4 is 61.8 Å². The van der Waals surface area contributed by atoms with E-state index in [0.29, 0.717) is 19.1 Å². The van der Waals surface area contributed by atoms with Gasteiger partial charge in [0.1, 0.15) is 12.4 Å². The van der Waals surface area contributed by atoms with Crippen molar-refractivity contribution in [3.8, 4) is 5.75 Å². The van der Waals surface area contributed by atoms with Crippen LogP contribution < -0.4 is 9.64 Å². The van der Waals surface area contributed by atoms with Gasteiger partial charge < -0.3 is 9.64 Å². The minimum atomic E-state index is 0.0602. The Balaban J connectivity index is 1.56. The van der Waals surface area contributed by atoms with Crippen LogP contribution in [0.2, 0.25) is 0 Å². The van der Waals surface area contributed by atoms with Crippen molar-refractivity contribution in [2.24, 2.45) is 5.92 Å². The molecule has 0 aliphatic carbocycles. The Hall–Kier alpha value is -2.12. The molecule has 0 fully saturated rings. The molecule has 0 saturated heterocycles. The van der Waals surface area contributed by atoms with Gasteiger partial charge in [-0.3, -0.25) is 4.79 Å². The third kappa shape index (κ3) is 5.04. The summed E-state index contributed by atoms with van der Waals surface area (Å²) in [6.45, 7) is 5.47. The lowest BCUT2D eigenvalue weighted by Gasteiger charge is -2.19. The molecule has 1 amide bonds. The highest BCUT2D eigenvalue weighted by molar-refractivity contribution is 14.1. The molecule has 3 aromatic rings. The van der Waals surface area contributed by atoms with E-state index in [4.69, 9.17) is 4.74 Å². The van der Waals surface area contributed by atoms with Crippen molar-refractivity contribution in [1.82, 2.24) is 0 Å². The zero-order valence-electron chi connectivity index (χ0n) is 17.4. The number of hydrogen-bond acceptors (Lipinski definition) is 2. The van der Waals surface area contributed by atoms with Crippen LogP contribution in [0.4, 0.5) is 5.69 Å². The highest BCUT2D eigenvalue weighted by Crippen LogP contribution is 2.38. The second kappa shape index (κ2) is 9.57. The van der Waals surface area contributed by atoms with Gasteiger partial charge in [-0.1, -0.05) is 50.2 Å². The predicted octanol–water partition coefficient (Wildman–Crippen LogP) is 7.18. The number of benzene rings is 3. The zero-order chi connectivity index (χ0) is 22.0. The second-order valence-corrected chi connectivity index (χ2v) is 10.1. The Labute approximate surface area is 205 Å². The third-order valence-corrected chi connectivity index (χ3v) is 6.42. The maximum absolute atomic E-state index is 13.2. The molecule has 5 heteroatoms. The van der Waals surface area contributed by atoms with E-state index in [1.807, 2.05) is 53.4 Å². The molecular weight excluding hydrogens is 565 g/mol. The Morgan fingerprint density at radius 1 is 1.06 bits per heavy atom. The van der Waals surface area contributed by atoms with Crippen LogP contribution >= 0.6 is 38.5 Å². The van der Waals surface area contributed by atoms with Gasteiger partial charge in [-0.15, -0.1) is 0 Å². The Bertz CT molecular complexity index is 1140. The van der Waals surface area contributed by atoms with Crippen molar-refractivity contribution < 1.29 is 9.53 Å².